The molecule has 5 aromatic carbocycles. The van der Waals surface area contributed by atoms with E-state index >= 15 is 0 Å². The second-order valence-corrected chi connectivity index (χ2v) is 8.64. The average molecular weight is 516 g/mol. The maximum atomic E-state index is 13.0. The largest absolute Gasteiger partial charge is 0.416 e. The van der Waals surface area contributed by atoms with Crippen molar-refractivity contribution in [2.24, 2.45) is 0 Å². The Kier molecular flexibility index (Phi) is 5.84. The summed E-state index contributed by atoms with van der Waals surface area (Å²) in [4.78, 5) is 0. The van der Waals surface area contributed by atoms with Crippen molar-refractivity contribution in [3.8, 4) is 34.4 Å². The van der Waals surface area contributed by atoms with Crippen molar-refractivity contribution in [2.45, 2.75) is 12.4 Å². The second kappa shape index (κ2) is 8.93. The number of halogens is 6. The Labute approximate surface area is 212 Å². The fourth-order valence-corrected chi connectivity index (χ4v) is 4.54. The Morgan fingerprint density at radius 3 is 1.03 bits per heavy atom. The molecule has 0 saturated heterocycles. The summed E-state index contributed by atoms with van der Waals surface area (Å²) in [6.45, 7) is 0. The molecule has 0 unspecified atom stereocenters. The van der Waals surface area contributed by atoms with Crippen LogP contribution in [-0.2, 0) is 12.4 Å². The first-order valence-electron chi connectivity index (χ1n) is 11.2. The summed E-state index contributed by atoms with van der Waals surface area (Å²) in [7, 11) is 0. The molecule has 0 saturated carbocycles. The van der Waals surface area contributed by atoms with Gasteiger partial charge >= 0.3 is 12.4 Å². The van der Waals surface area contributed by atoms with Gasteiger partial charge in [0.25, 0.3) is 0 Å². The first-order valence-corrected chi connectivity index (χ1v) is 11.2. The van der Waals surface area contributed by atoms with E-state index in [0.29, 0.717) is 43.8 Å². The lowest BCUT2D eigenvalue weighted by Crippen LogP contribution is -2.04. The SMILES string of the molecule is N#Cc1c(C#N)c2cc(-c3ccc(C(F)(F)F)cc3)ccc2c2ccc(-c3ccc(C(F)(F)F)cc3)cc12. The molecule has 5 aromatic rings. The van der Waals surface area contributed by atoms with Crippen LogP contribution in [0.25, 0.3) is 43.8 Å². The Morgan fingerprint density at radius 2 is 0.737 bits per heavy atom. The molecular weight excluding hydrogens is 502 g/mol. The van der Waals surface area contributed by atoms with Gasteiger partial charge in [-0.05, 0) is 69.4 Å². The highest BCUT2D eigenvalue weighted by Gasteiger charge is 2.30. The lowest BCUT2D eigenvalue weighted by Gasteiger charge is -2.13. The van der Waals surface area contributed by atoms with Crippen molar-refractivity contribution in [1.29, 1.82) is 10.5 Å². The molecule has 8 heteroatoms. The van der Waals surface area contributed by atoms with Crippen LogP contribution in [0.2, 0.25) is 0 Å². The number of nitriles is 2. The Bertz CT molecular complexity index is 1650. The van der Waals surface area contributed by atoms with E-state index in [1.807, 2.05) is 0 Å². The third kappa shape index (κ3) is 4.31. The summed E-state index contributed by atoms with van der Waals surface area (Å²) in [6, 6.07) is 23.7. The van der Waals surface area contributed by atoms with E-state index in [4.69, 9.17) is 0 Å². The summed E-state index contributed by atoms with van der Waals surface area (Å²) in [6.07, 6.45) is -8.93. The van der Waals surface area contributed by atoms with E-state index in [2.05, 4.69) is 12.1 Å². The topological polar surface area (TPSA) is 47.6 Å². The fourth-order valence-electron chi connectivity index (χ4n) is 4.54. The van der Waals surface area contributed by atoms with Crippen molar-refractivity contribution in [2.75, 3.05) is 0 Å². The summed E-state index contributed by atoms with van der Waals surface area (Å²) in [5, 5.41) is 22.2. The van der Waals surface area contributed by atoms with Crippen LogP contribution in [0.4, 0.5) is 26.3 Å². The molecule has 5 rings (SSSR count). The highest BCUT2D eigenvalue weighted by atomic mass is 19.4. The maximum absolute atomic E-state index is 13.0. The van der Waals surface area contributed by atoms with Crippen molar-refractivity contribution in [1.82, 2.24) is 0 Å². The molecule has 0 heterocycles. The van der Waals surface area contributed by atoms with Gasteiger partial charge in [-0.2, -0.15) is 36.9 Å². The van der Waals surface area contributed by atoms with Crippen molar-refractivity contribution < 1.29 is 26.3 Å². The minimum absolute atomic E-state index is 0.105. The van der Waals surface area contributed by atoms with Gasteiger partial charge < -0.3 is 0 Å². The van der Waals surface area contributed by atoms with Crippen LogP contribution in [0.1, 0.15) is 22.3 Å². The molecule has 2 nitrogen and oxygen atoms in total. The minimum atomic E-state index is -4.46. The molecule has 0 aliphatic heterocycles. The molecule has 38 heavy (non-hydrogen) atoms. The highest BCUT2D eigenvalue weighted by molar-refractivity contribution is 6.14. The summed E-state index contributed by atoms with van der Waals surface area (Å²) in [5.41, 5.74) is 0.837. The fraction of sp³-hybridized carbons (Fsp3) is 0.0667. The first-order chi connectivity index (χ1) is 18.0. The van der Waals surface area contributed by atoms with E-state index in [1.165, 1.54) is 24.3 Å². The van der Waals surface area contributed by atoms with Crippen LogP contribution in [0, 0.1) is 22.7 Å². The highest BCUT2D eigenvalue weighted by Crippen LogP contribution is 2.38. The molecule has 0 radical (unpaired) electrons. The van der Waals surface area contributed by atoms with E-state index in [9.17, 15) is 36.9 Å². The lowest BCUT2D eigenvalue weighted by atomic mass is 9.89. The smallest absolute Gasteiger partial charge is 0.192 e. The molecule has 0 fully saturated rings. The number of fused-ring (bicyclic) bond motifs is 3. The van der Waals surface area contributed by atoms with Gasteiger partial charge in [-0.15, -0.1) is 0 Å². The molecule has 186 valence electrons. The van der Waals surface area contributed by atoms with Gasteiger partial charge in [0, 0.05) is 10.8 Å². The number of rotatable bonds is 2. The number of nitrogens with zero attached hydrogens (tertiary/aromatic N) is 2. The van der Waals surface area contributed by atoms with E-state index in [1.54, 1.807) is 36.4 Å². The summed E-state index contributed by atoms with van der Waals surface area (Å²) >= 11 is 0. The molecule has 0 aliphatic carbocycles. The summed E-state index contributed by atoms with van der Waals surface area (Å²) < 4.78 is 77.7. The third-order valence-electron chi connectivity index (χ3n) is 6.43. The quantitative estimate of drug-likeness (QED) is 0.174. The number of hydrogen-bond donors (Lipinski definition) is 0. The van der Waals surface area contributed by atoms with Crippen LogP contribution >= 0.6 is 0 Å². The molecular formula is C30H14F6N2. The van der Waals surface area contributed by atoms with Gasteiger partial charge in [-0.25, -0.2) is 0 Å². The lowest BCUT2D eigenvalue weighted by molar-refractivity contribution is -0.138. The van der Waals surface area contributed by atoms with E-state index < -0.39 is 23.5 Å². The van der Waals surface area contributed by atoms with Crippen molar-refractivity contribution in [3.63, 3.8) is 0 Å². The van der Waals surface area contributed by atoms with E-state index in [-0.39, 0.29) is 11.1 Å². The van der Waals surface area contributed by atoms with Crippen LogP contribution in [0.15, 0.2) is 84.9 Å². The van der Waals surface area contributed by atoms with Crippen LogP contribution < -0.4 is 0 Å². The van der Waals surface area contributed by atoms with Gasteiger partial charge in [0.1, 0.15) is 12.1 Å². The molecule has 0 atom stereocenters. The van der Waals surface area contributed by atoms with Gasteiger partial charge in [0.05, 0.1) is 22.3 Å². The van der Waals surface area contributed by atoms with Crippen molar-refractivity contribution in [3.05, 3.63) is 107 Å². The molecule has 0 amide bonds. The first kappa shape index (κ1) is 24.9. The Balaban J connectivity index is 1.67. The van der Waals surface area contributed by atoms with Gasteiger partial charge in [-0.3, -0.25) is 0 Å². The monoisotopic (exact) mass is 516 g/mol. The van der Waals surface area contributed by atoms with Crippen LogP contribution in [-0.4, -0.2) is 0 Å². The maximum Gasteiger partial charge on any atom is 0.416 e. The molecule has 0 spiro atoms. The molecule has 0 aliphatic rings. The standard InChI is InChI=1S/C30H14F6N2/c31-29(32,33)21-7-1-17(2-8-21)19-5-11-23-24-12-6-20(18-3-9-22(10-4-18)30(34,35)36)14-26(24)28(16-38)27(15-37)25(23)13-19/h1-14H. The number of alkyl halides is 6. The average Bonchev–Trinajstić information content (AvgIpc) is 2.90. The predicted octanol–water partition coefficient (Wildman–Crippen LogP) is 9.11. The number of benzene rings is 5. The Hall–Kier alpha value is -4.82. The molecule has 0 aromatic heterocycles. The van der Waals surface area contributed by atoms with Crippen LogP contribution in [0.3, 0.4) is 0 Å². The normalized spacial score (nSPS) is 11.9. The molecule has 0 bridgehead atoms. The van der Waals surface area contributed by atoms with Gasteiger partial charge in [0.2, 0.25) is 0 Å². The predicted molar refractivity (Wildman–Crippen MR) is 132 cm³/mol. The van der Waals surface area contributed by atoms with E-state index in [0.717, 1.165) is 24.3 Å². The van der Waals surface area contributed by atoms with Gasteiger partial charge in [-0.1, -0.05) is 48.5 Å². The zero-order valence-corrected chi connectivity index (χ0v) is 19.2. The van der Waals surface area contributed by atoms with Gasteiger partial charge in [0.15, 0.2) is 0 Å². The summed E-state index contributed by atoms with van der Waals surface area (Å²) in [5.74, 6) is 0. The second-order valence-electron chi connectivity index (χ2n) is 8.64. The zero-order chi connectivity index (χ0) is 27.2. The number of hydrogen-bond acceptors (Lipinski definition) is 2. The van der Waals surface area contributed by atoms with Crippen LogP contribution in [0.5, 0.6) is 0 Å². The zero-order valence-electron chi connectivity index (χ0n) is 19.2. The minimum Gasteiger partial charge on any atom is -0.192 e. The Morgan fingerprint density at radius 1 is 0.421 bits per heavy atom. The van der Waals surface area contributed by atoms with Crippen molar-refractivity contribution >= 4 is 21.5 Å². The third-order valence-corrected chi connectivity index (χ3v) is 6.43. The molecule has 0 N–H and O–H groups in total.